The van der Waals surface area contributed by atoms with Crippen molar-refractivity contribution in [2.24, 2.45) is 11.8 Å². The van der Waals surface area contributed by atoms with Gasteiger partial charge in [0.05, 0.1) is 13.2 Å². The van der Waals surface area contributed by atoms with Gasteiger partial charge in [0.25, 0.3) is 0 Å². The van der Waals surface area contributed by atoms with Crippen molar-refractivity contribution >= 4 is 23.9 Å². The van der Waals surface area contributed by atoms with Crippen LogP contribution in [0.1, 0.15) is 250 Å². The van der Waals surface area contributed by atoms with E-state index in [0.29, 0.717) is 13.2 Å². The van der Waals surface area contributed by atoms with Gasteiger partial charge in [-0.3, -0.25) is 19.2 Å². The lowest BCUT2D eigenvalue weighted by Gasteiger charge is -2.18. The molecule has 0 aliphatic rings. The molecule has 0 aliphatic carbocycles. The van der Waals surface area contributed by atoms with E-state index in [1.54, 1.807) is 0 Å². The SMILES string of the molecule is CN(C)Cc1cc(OCCCCCC(CCCCCCCCC(=O)O)CCCCCCCC(=O)O)cc(OCCCCCC(CCCCCCCCC(=O)O)CCCCCCCC(=O)O)c1. The van der Waals surface area contributed by atoms with Crippen LogP contribution in [0.2, 0.25) is 0 Å². The molecular weight excluding hydrogens is 835 g/mol. The van der Waals surface area contributed by atoms with Crippen LogP contribution in [0, 0.1) is 11.8 Å². The molecule has 11 nitrogen and oxygen atoms in total. The van der Waals surface area contributed by atoms with Crippen LogP contribution in [-0.4, -0.2) is 76.5 Å². The first-order valence-corrected chi connectivity index (χ1v) is 26.9. The second-order valence-electron chi connectivity index (χ2n) is 19.7. The smallest absolute Gasteiger partial charge is 0.303 e. The molecule has 1 aromatic rings. The highest BCUT2D eigenvalue weighted by atomic mass is 16.5. The number of ether oxygens (including phenoxy) is 2. The van der Waals surface area contributed by atoms with E-state index < -0.39 is 23.9 Å². The Balaban J connectivity index is 2.54. The summed E-state index contributed by atoms with van der Waals surface area (Å²) in [6, 6.07) is 6.34. The van der Waals surface area contributed by atoms with Crippen molar-refractivity contribution in [3.05, 3.63) is 23.8 Å². The maximum atomic E-state index is 10.8. The summed E-state index contributed by atoms with van der Waals surface area (Å²) in [5.41, 5.74) is 1.18. The van der Waals surface area contributed by atoms with E-state index in [0.717, 1.165) is 133 Å². The van der Waals surface area contributed by atoms with Crippen LogP contribution < -0.4 is 9.47 Å². The van der Waals surface area contributed by atoms with Gasteiger partial charge in [-0.2, -0.15) is 0 Å². The zero-order chi connectivity index (χ0) is 48.3. The van der Waals surface area contributed by atoms with Crippen LogP contribution in [0.4, 0.5) is 0 Å². The number of benzene rings is 1. The lowest BCUT2D eigenvalue weighted by atomic mass is 9.89. The maximum absolute atomic E-state index is 10.8. The van der Waals surface area contributed by atoms with Crippen LogP contribution in [0.5, 0.6) is 11.5 Å². The summed E-state index contributed by atoms with van der Waals surface area (Å²) in [5, 5.41) is 35.6. The van der Waals surface area contributed by atoms with Crippen molar-refractivity contribution in [3.63, 3.8) is 0 Å². The zero-order valence-electron chi connectivity index (χ0n) is 42.1. The Morgan fingerprint density at radius 1 is 0.379 bits per heavy atom. The summed E-state index contributed by atoms with van der Waals surface area (Å²) in [6.07, 6.45) is 38.9. The molecule has 0 saturated heterocycles. The molecule has 0 radical (unpaired) electrons. The lowest BCUT2D eigenvalue weighted by molar-refractivity contribution is -0.138. The van der Waals surface area contributed by atoms with Gasteiger partial charge in [-0.25, -0.2) is 0 Å². The fraction of sp³-hybridized carbons (Fsp3) is 0.818. The number of carboxylic acid groups (broad SMARTS) is 4. The van der Waals surface area contributed by atoms with Crippen molar-refractivity contribution in [1.82, 2.24) is 4.90 Å². The summed E-state index contributed by atoms with van der Waals surface area (Å²) >= 11 is 0. The van der Waals surface area contributed by atoms with Gasteiger partial charge in [0, 0.05) is 38.3 Å². The van der Waals surface area contributed by atoms with E-state index in [1.807, 2.05) is 6.07 Å². The Labute approximate surface area is 401 Å². The molecule has 11 heteroatoms. The number of unbranched alkanes of at least 4 members (excludes halogenated alkanes) is 22. The molecule has 0 heterocycles. The normalized spacial score (nSPS) is 12.3. The molecule has 2 atom stereocenters. The molecule has 1 rings (SSSR count). The van der Waals surface area contributed by atoms with Gasteiger partial charge >= 0.3 is 23.9 Å². The second-order valence-corrected chi connectivity index (χ2v) is 19.7. The van der Waals surface area contributed by atoms with Gasteiger partial charge in [0.1, 0.15) is 11.5 Å². The summed E-state index contributed by atoms with van der Waals surface area (Å²) < 4.78 is 12.7. The molecule has 0 amide bonds. The van der Waals surface area contributed by atoms with Gasteiger partial charge in [-0.1, -0.05) is 180 Å². The van der Waals surface area contributed by atoms with Gasteiger partial charge in [-0.05, 0) is 82.2 Å². The molecule has 0 aliphatic heterocycles. The Morgan fingerprint density at radius 3 is 0.879 bits per heavy atom. The fourth-order valence-electron chi connectivity index (χ4n) is 9.24. The quantitative estimate of drug-likeness (QED) is 0.0458. The standard InChI is InChI=1S/C55H97NO10/c1-56(2)46-49-43-50(65-41-29-17-23-35-47(33-21-11-7-15-27-39-54(61)62)31-19-9-3-5-13-25-37-52(57)58)45-51(44-49)66-42-30-18-24-36-48(34-22-12-8-16-28-40-55(63)64)32-20-10-4-6-14-26-38-53(59)60/h43-45,47-48H,3-42,46H2,1-2H3,(H,57,58)(H,59,60)(H,61,62)(H,63,64). The highest BCUT2D eigenvalue weighted by Crippen LogP contribution is 2.28. The Bertz CT molecular complexity index is 1260. The van der Waals surface area contributed by atoms with Gasteiger partial charge < -0.3 is 34.8 Å². The predicted octanol–water partition coefficient (Wildman–Crippen LogP) is 14.9. The minimum atomic E-state index is -0.700. The number of carboxylic acids is 4. The molecule has 0 fully saturated rings. The third kappa shape index (κ3) is 40.9. The highest BCUT2D eigenvalue weighted by molar-refractivity contribution is 5.67. The fourth-order valence-corrected chi connectivity index (χ4v) is 9.24. The summed E-state index contributed by atoms with van der Waals surface area (Å²) in [5.74, 6) is 0.403. The number of rotatable bonds is 50. The van der Waals surface area contributed by atoms with Gasteiger partial charge in [0.15, 0.2) is 0 Å². The second kappa shape index (κ2) is 43.0. The van der Waals surface area contributed by atoms with E-state index in [4.69, 9.17) is 29.9 Å². The van der Waals surface area contributed by atoms with Crippen LogP contribution in [0.3, 0.4) is 0 Å². The predicted molar refractivity (Wildman–Crippen MR) is 268 cm³/mol. The van der Waals surface area contributed by atoms with Crippen LogP contribution in [0.25, 0.3) is 0 Å². The van der Waals surface area contributed by atoms with Crippen LogP contribution in [0.15, 0.2) is 18.2 Å². The first-order valence-electron chi connectivity index (χ1n) is 26.9. The van der Waals surface area contributed by atoms with E-state index in [1.165, 1.54) is 121 Å². The minimum absolute atomic E-state index is 0.273. The summed E-state index contributed by atoms with van der Waals surface area (Å²) in [6.45, 7) is 2.19. The number of hydrogen-bond donors (Lipinski definition) is 4. The Morgan fingerprint density at radius 2 is 0.621 bits per heavy atom. The molecule has 4 N–H and O–H groups in total. The third-order valence-corrected chi connectivity index (χ3v) is 13.0. The number of nitrogens with zero attached hydrogens (tertiary/aromatic N) is 1. The molecule has 0 bridgehead atoms. The van der Waals surface area contributed by atoms with E-state index in [-0.39, 0.29) is 25.7 Å². The average molecular weight is 932 g/mol. The first-order chi connectivity index (χ1) is 31.9. The molecule has 0 saturated carbocycles. The summed E-state index contributed by atoms with van der Waals surface area (Å²) in [4.78, 5) is 45.4. The first kappa shape index (κ1) is 60.7. The monoisotopic (exact) mass is 932 g/mol. The maximum Gasteiger partial charge on any atom is 0.303 e. The molecule has 382 valence electrons. The van der Waals surface area contributed by atoms with Crippen LogP contribution >= 0.6 is 0 Å². The van der Waals surface area contributed by atoms with Crippen molar-refractivity contribution in [1.29, 1.82) is 0 Å². The summed E-state index contributed by atoms with van der Waals surface area (Å²) in [7, 11) is 4.16. The lowest BCUT2D eigenvalue weighted by Crippen LogP contribution is -2.11. The van der Waals surface area contributed by atoms with Crippen molar-refractivity contribution in [3.8, 4) is 11.5 Å². The highest BCUT2D eigenvalue weighted by Gasteiger charge is 2.12. The van der Waals surface area contributed by atoms with Crippen molar-refractivity contribution in [2.75, 3.05) is 27.3 Å². The van der Waals surface area contributed by atoms with E-state index >= 15 is 0 Å². The molecular formula is C55H97NO10. The Hall–Kier alpha value is -3.34. The number of aliphatic carboxylic acids is 4. The average Bonchev–Trinajstić information content (AvgIpc) is 3.25. The van der Waals surface area contributed by atoms with E-state index in [9.17, 15) is 19.2 Å². The molecule has 1 aromatic carbocycles. The Kier molecular flexibility index (Phi) is 39.5. The van der Waals surface area contributed by atoms with E-state index in [2.05, 4.69) is 31.1 Å². The largest absolute Gasteiger partial charge is 0.493 e. The number of carbonyl (C=O) groups is 4. The van der Waals surface area contributed by atoms with Crippen molar-refractivity contribution in [2.45, 2.75) is 251 Å². The van der Waals surface area contributed by atoms with Crippen LogP contribution in [-0.2, 0) is 25.7 Å². The molecule has 2 unspecified atom stereocenters. The van der Waals surface area contributed by atoms with Gasteiger partial charge in [-0.15, -0.1) is 0 Å². The minimum Gasteiger partial charge on any atom is -0.493 e. The van der Waals surface area contributed by atoms with Gasteiger partial charge in [0.2, 0.25) is 0 Å². The zero-order valence-corrected chi connectivity index (χ0v) is 42.1. The molecule has 0 spiro atoms. The molecule has 66 heavy (non-hydrogen) atoms. The third-order valence-electron chi connectivity index (χ3n) is 13.0. The topological polar surface area (TPSA) is 171 Å². The number of hydrogen-bond acceptors (Lipinski definition) is 7. The van der Waals surface area contributed by atoms with Crippen molar-refractivity contribution < 1.29 is 49.1 Å². The molecule has 0 aromatic heterocycles.